The first-order valence-corrected chi connectivity index (χ1v) is 10.7. The van der Waals surface area contributed by atoms with Gasteiger partial charge in [0.05, 0.1) is 0 Å². The molecule has 4 nitrogen and oxygen atoms in total. The third kappa shape index (κ3) is 6.09. The van der Waals surface area contributed by atoms with Gasteiger partial charge in [-0.3, -0.25) is 0 Å². The molecule has 3 aromatic rings. The Hall–Kier alpha value is -2.30. The highest BCUT2D eigenvalue weighted by Crippen LogP contribution is 2.27. The number of ether oxygens (including phenoxy) is 1. The fraction of sp³-hybridized carbons (Fsp3) is 0.440. The van der Waals surface area contributed by atoms with Crippen molar-refractivity contribution < 1.29 is 19.4 Å². The molecule has 1 atom stereocenters. The molecule has 0 aliphatic rings. The first-order valence-electron chi connectivity index (χ1n) is 10.7. The molecule has 1 unspecified atom stereocenters. The molecule has 0 radical (unpaired) electrons. The van der Waals surface area contributed by atoms with Gasteiger partial charge in [-0.25, -0.2) is 0 Å². The number of aliphatic hydroxyl groups is 2. The van der Waals surface area contributed by atoms with Crippen LogP contribution >= 0.6 is 0 Å². The van der Waals surface area contributed by atoms with Crippen LogP contribution in [0, 0.1) is 0 Å². The monoisotopic (exact) mass is 396 g/mol. The molecule has 2 N–H and O–H groups in total. The summed E-state index contributed by atoms with van der Waals surface area (Å²) < 4.78 is 11.8. The first kappa shape index (κ1) is 21.4. The molecule has 0 bridgehead atoms. The van der Waals surface area contributed by atoms with Crippen LogP contribution in [0.3, 0.4) is 0 Å². The highest BCUT2D eigenvalue weighted by atomic mass is 16.5. The van der Waals surface area contributed by atoms with E-state index in [1.54, 1.807) is 0 Å². The summed E-state index contributed by atoms with van der Waals surface area (Å²) in [6.07, 6.45) is 6.33. The summed E-state index contributed by atoms with van der Waals surface area (Å²) in [5.74, 6) is 1.35. The molecule has 0 spiro atoms. The van der Waals surface area contributed by atoms with Gasteiger partial charge in [0.15, 0.2) is 0 Å². The van der Waals surface area contributed by atoms with Gasteiger partial charge in [-0.05, 0) is 61.1 Å². The van der Waals surface area contributed by atoms with Gasteiger partial charge in [-0.2, -0.15) is 0 Å². The van der Waals surface area contributed by atoms with E-state index >= 15 is 0 Å². The van der Waals surface area contributed by atoms with Crippen molar-refractivity contribution in [1.82, 2.24) is 0 Å². The van der Waals surface area contributed by atoms with Crippen molar-refractivity contribution in [3.63, 3.8) is 0 Å². The summed E-state index contributed by atoms with van der Waals surface area (Å²) in [6, 6.07) is 16.1. The summed E-state index contributed by atoms with van der Waals surface area (Å²) in [7, 11) is 0. The summed E-state index contributed by atoms with van der Waals surface area (Å²) in [5.41, 5.74) is 3.23. The number of para-hydroxylation sites is 1. The van der Waals surface area contributed by atoms with Gasteiger partial charge in [-0.1, -0.05) is 50.5 Å². The molecule has 2 aromatic carbocycles. The maximum Gasteiger partial charge on any atom is 0.145 e. The fourth-order valence-corrected chi connectivity index (χ4v) is 3.60. The van der Waals surface area contributed by atoms with Crippen LogP contribution < -0.4 is 4.74 Å². The molecule has 4 heteroatoms. The maximum absolute atomic E-state index is 10.6. The van der Waals surface area contributed by atoms with Crippen LogP contribution in [-0.2, 0) is 12.8 Å². The van der Waals surface area contributed by atoms with Crippen molar-refractivity contribution >= 4 is 11.0 Å². The molecule has 0 saturated carbocycles. The number of aryl methyl sites for hydroxylation is 2. The van der Waals surface area contributed by atoms with Gasteiger partial charge in [0.2, 0.25) is 0 Å². The lowest BCUT2D eigenvalue weighted by Crippen LogP contribution is -2.10. The Morgan fingerprint density at radius 2 is 1.79 bits per heavy atom. The highest BCUT2D eigenvalue weighted by Gasteiger charge is 2.15. The largest absolute Gasteiger partial charge is 0.490 e. The van der Waals surface area contributed by atoms with Crippen molar-refractivity contribution in [1.29, 1.82) is 0 Å². The van der Waals surface area contributed by atoms with Gasteiger partial charge in [-0.15, -0.1) is 0 Å². The average Bonchev–Trinajstić information content (AvgIpc) is 3.16. The van der Waals surface area contributed by atoms with Crippen molar-refractivity contribution in [2.24, 2.45) is 0 Å². The van der Waals surface area contributed by atoms with Gasteiger partial charge in [0, 0.05) is 12.0 Å². The van der Waals surface area contributed by atoms with E-state index in [2.05, 4.69) is 25.1 Å². The second kappa shape index (κ2) is 11.0. The van der Waals surface area contributed by atoms with E-state index in [9.17, 15) is 5.11 Å². The number of hydrogen-bond acceptors (Lipinski definition) is 4. The van der Waals surface area contributed by atoms with Crippen LogP contribution in [0.4, 0.5) is 0 Å². The van der Waals surface area contributed by atoms with Gasteiger partial charge in [0.25, 0.3) is 0 Å². The lowest BCUT2D eigenvalue weighted by molar-refractivity contribution is 0.0898. The average molecular weight is 397 g/mol. The third-order valence-electron chi connectivity index (χ3n) is 5.19. The Kier molecular flexibility index (Phi) is 8.14. The Bertz CT molecular complexity index is 883. The van der Waals surface area contributed by atoms with Crippen LogP contribution in [0.5, 0.6) is 5.75 Å². The van der Waals surface area contributed by atoms with Crippen molar-refractivity contribution in [2.45, 2.75) is 58.0 Å². The molecule has 1 aromatic heterocycles. The van der Waals surface area contributed by atoms with Crippen LogP contribution in [0.2, 0.25) is 0 Å². The van der Waals surface area contributed by atoms with Crippen LogP contribution in [0.15, 0.2) is 52.9 Å². The number of benzene rings is 2. The Morgan fingerprint density at radius 3 is 2.62 bits per heavy atom. The standard InChI is InChI=1S/C25H32O4/c1-2-9-19-13-14-24-21(16-19)17-25(29-24)22(27)18-28-23-12-7-6-11-20(23)10-5-3-4-8-15-26/h6-7,11-14,16-17,22,26-27H,2-5,8-10,15,18H2,1H3. The summed E-state index contributed by atoms with van der Waals surface area (Å²) in [5, 5.41) is 20.5. The van der Waals surface area contributed by atoms with Gasteiger partial charge >= 0.3 is 0 Å². The molecule has 0 saturated heterocycles. The van der Waals surface area contributed by atoms with E-state index in [1.165, 1.54) is 5.56 Å². The zero-order valence-corrected chi connectivity index (χ0v) is 17.3. The smallest absolute Gasteiger partial charge is 0.145 e. The maximum atomic E-state index is 10.6. The normalized spacial score (nSPS) is 12.4. The Balaban J connectivity index is 1.59. The summed E-state index contributed by atoms with van der Waals surface area (Å²) >= 11 is 0. The van der Waals surface area contributed by atoms with Gasteiger partial charge < -0.3 is 19.4 Å². The number of aliphatic hydroxyl groups excluding tert-OH is 2. The molecular formula is C25H32O4. The number of rotatable bonds is 12. The number of fused-ring (bicyclic) bond motifs is 1. The minimum atomic E-state index is -0.811. The molecule has 29 heavy (non-hydrogen) atoms. The van der Waals surface area contributed by atoms with Crippen LogP contribution in [0.25, 0.3) is 11.0 Å². The highest BCUT2D eigenvalue weighted by molar-refractivity contribution is 5.78. The zero-order chi connectivity index (χ0) is 20.5. The zero-order valence-electron chi connectivity index (χ0n) is 17.3. The third-order valence-corrected chi connectivity index (χ3v) is 5.19. The molecule has 0 aliphatic carbocycles. The molecule has 3 rings (SSSR count). The topological polar surface area (TPSA) is 62.8 Å². The number of furan rings is 1. The predicted molar refractivity (Wildman–Crippen MR) is 116 cm³/mol. The quantitative estimate of drug-likeness (QED) is 0.392. The van der Waals surface area contributed by atoms with E-state index in [1.807, 2.05) is 30.3 Å². The molecule has 0 amide bonds. The second-order valence-corrected chi connectivity index (χ2v) is 7.59. The number of unbranched alkanes of at least 4 members (excludes halogenated alkanes) is 3. The van der Waals surface area contributed by atoms with Crippen molar-refractivity contribution in [3.05, 3.63) is 65.4 Å². The van der Waals surface area contributed by atoms with Crippen molar-refractivity contribution in [3.8, 4) is 5.75 Å². The van der Waals surface area contributed by atoms with E-state index in [4.69, 9.17) is 14.3 Å². The van der Waals surface area contributed by atoms with E-state index in [0.717, 1.165) is 67.2 Å². The Morgan fingerprint density at radius 1 is 0.966 bits per heavy atom. The summed E-state index contributed by atoms with van der Waals surface area (Å²) in [6.45, 7) is 2.58. The predicted octanol–water partition coefficient (Wildman–Crippen LogP) is 5.59. The minimum absolute atomic E-state index is 0.156. The fourth-order valence-electron chi connectivity index (χ4n) is 3.60. The minimum Gasteiger partial charge on any atom is -0.490 e. The van der Waals surface area contributed by atoms with Crippen molar-refractivity contribution in [2.75, 3.05) is 13.2 Å². The van der Waals surface area contributed by atoms with E-state index < -0.39 is 6.10 Å². The van der Waals surface area contributed by atoms with Gasteiger partial charge in [0.1, 0.15) is 29.8 Å². The molecule has 0 fully saturated rings. The van der Waals surface area contributed by atoms with E-state index in [-0.39, 0.29) is 13.2 Å². The SMILES string of the molecule is CCCc1ccc2oc(C(O)COc3ccccc3CCCCCCO)cc2c1. The number of hydrogen-bond donors (Lipinski definition) is 2. The molecule has 156 valence electrons. The molecule has 0 aliphatic heterocycles. The molecule has 1 heterocycles. The Labute approximate surface area is 173 Å². The van der Waals surface area contributed by atoms with Crippen LogP contribution in [-0.4, -0.2) is 23.4 Å². The van der Waals surface area contributed by atoms with Crippen LogP contribution in [0.1, 0.15) is 62.0 Å². The summed E-state index contributed by atoms with van der Waals surface area (Å²) in [4.78, 5) is 0. The molecular weight excluding hydrogens is 364 g/mol. The lowest BCUT2D eigenvalue weighted by atomic mass is 10.1. The van der Waals surface area contributed by atoms with E-state index in [0.29, 0.717) is 5.76 Å². The first-order chi connectivity index (χ1) is 14.2. The second-order valence-electron chi connectivity index (χ2n) is 7.59. The lowest BCUT2D eigenvalue weighted by Gasteiger charge is -2.14.